The van der Waals surface area contributed by atoms with Gasteiger partial charge in [-0.3, -0.25) is 9.69 Å². The van der Waals surface area contributed by atoms with Crippen molar-refractivity contribution in [1.82, 2.24) is 9.80 Å². The van der Waals surface area contributed by atoms with Crippen LogP contribution in [0.15, 0.2) is 0 Å². The molecule has 156 valence electrons. The third-order valence-corrected chi connectivity index (χ3v) is 3.84. The Morgan fingerprint density at radius 2 is 1.77 bits per heavy atom. The number of hydrogen-bond acceptors (Lipinski definition) is 6. The van der Waals surface area contributed by atoms with E-state index in [2.05, 4.69) is 30.6 Å². The smallest absolute Gasteiger partial charge is 0.307 e. The average Bonchev–Trinajstić information content (AvgIpc) is 2.58. The molecule has 0 spiro atoms. The van der Waals surface area contributed by atoms with E-state index in [4.69, 9.17) is 14.2 Å². The maximum atomic E-state index is 11.1. The van der Waals surface area contributed by atoms with Crippen LogP contribution in [-0.2, 0) is 19.0 Å². The zero-order chi connectivity index (χ0) is 19.8. The molecule has 6 heteroatoms. The van der Waals surface area contributed by atoms with Crippen LogP contribution >= 0.6 is 0 Å². The Hall–Kier alpha value is -0.690. The summed E-state index contributed by atoms with van der Waals surface area (Å²) in [5.41, 5.74) is 0. The van der Waals surface area contributed by atoms with Crippen molar-refractivity contribution >= 4 is 5.97 Å². The van der Waals surface area contributed by atoms with E-state index < -0.39 is 0 Å². The molecule has 26 heavy (non-hydrogen) atoms. The van der Waals surface area contributed by atoms with Crippen LogP contribution in [0.5, 0.6) is 0 Å². The largest absolute Gasteiger partial charge is 0.463 e. The summed E-state index contributed by atoms with van der Waals surface area (Å²) >= 11 is 0. The Labute approximate surface area is 161 Å². The third-order valence-electron chi connectivity index (χ3n) is 3.84. The summed E-state index contributed by atoms with van der Waals surface area (Å²) < 4.78 is 15.8. The zero-order valence-corrected chi connectivity index (χ0v) is 18.0. The average molecular weight is 375 g/mol. The Morgan fingerprint density at radius 3 is 2.31 bits per heavy atom. The summed E-state index contributed by atoms with van der Waals surface area (Å²) in [7, 11) is 2.02. The predicted octanol–water partition coefficient (Wildman–Crippen LogP) is 2.80. The van der Waals surface area contributed by atoms with Gasteiger partial charge in [0.1, 0.15) is 0 Å². The van der Waals surface area contributed by atoms with Gasteiger partial charge in [0, 0.05) is 32.8 Å². The van der Waals surface area contributed by atoms with Crippen LogP contribution in [0.4, 0.5) is 0 Å². The lowest BCUT2D eigenvalue weighted by atomic mass is 10.3. The fourth-order valence-corrected chi connectivity index (χ4v) is 2.53. The number of morpholine rings is 1. The lowest BCUT2D eigenvalue weighted by molar-refractivity contribution is -0.147. The Balaban J connectivity index is 0.000000481. The van der Waals surface area contributed by atoms with Crippen LogP contribution in [0.2, 0.25) is 0 Å². The van der Waals surface area contributed by atoms with Gasteiger partial charge in [0.05, 0.1) is 31.8 Å². The van der Waals surface area contributed by atoms with Crippen molar-refractivity contribution in [2.75, 3.05) is 59.6 Å². The summed E-state index contributed by atoms with van der Waals surface area (Å²) in [5.74, 6) is -0.0991. The second-order valence-corrected chi connectivity index (χ2v) is 7.32. The Bertz CT molecular complexity index is 332. The number of carbonyl (C=O) groups is 1. The first-order chi connectivity index (χ1) is 12.3. The molecule has 0 radical (unpaired) electrons. The Morgan fingerprint density at radius 1 is 1.12 bits per heavy atom. The minimum absolute atomic E-state index is 0.00369. The van der Waals surface area contributed by atoms with Crippen molar-refractivity contribution in [1.29, 1.82) is 0 Å². The standard InChI is InChI=1S/2C10H21NO2/c1-10(2)13-7-3-4-11-5-8-12-9-6-11;1-5-7-11(4)8-6-10(12)13-9(2)3/h10H,3-9H2,1-2H3;9H,5-8H2,1-4H3. The Kier molecular flexibility index (Phi) is 16.0. The van der Waals surface area contributed by atoms with Crippen LogP contribution in [0.3, 0.4) is 0 Å². The molecule has 1 heterocycles. The molecule has 1 aliphatic rings. The van der Waals surface area contributed by atoms with Crippen molar-refractivity contribution < 1.29 is 19.0 Å². The molecule has 0 atom stereocenters. The van der Waals surface area contributed by atoms with Crippen LogP contribution in [-0.4, -0.2) is 87.6 Å². The van der Waals surface area contributed by atoms with Crippen LogP contribution in [0.25, 0.3) is 0 Å². The molecule has 0 aromatic heterocycles. The molecule has 0 unspecified atom stereocenters. The number of rotatable bonds is 11. The number of esters is 1. The fourth-order valence-electron chi connectivity index (χ4n) is 2.53. The maximum absolute atomic E-state index is 11.1. The molecular formula is C20H42N2O4. The van der Waals surface area contributed by atoms with Gasteiger partial charge in [-0.2, -0.15) is 0 Å². The molecule has 0 aromatic carbocycles. The van der Waals surface area contributed by atoms with E-state index in [0.717, 1.165) is 65.4 Å². The van der Waals surface area contributed by atoms with E-state index in [1.807, 2.05) is 20.9 Å². The molecule has 0 saturated carbocycles. The third kappa shape index (κ3) is 16.8. The van der Waals surface area contributed by atoms with E-state index in [0.29, 0.717) is 12.5 Å². The van der Waals surface area contributed by atoms with Crippen molar-refractivity contribution in [2.45, 2.75) is 66.1 Å². The minimum atomic E-state index is -0.0991. The first kappa shape index (κ1) is 25.3. The number of hydrogen-bond donors (Lipinski definition) is 0. The molecule has 0 aliphatic carbocycles. The van der Waals surface area contributed by atoms with E-state index >= 15 is 0 Å². The molecule has 1 rings (SSSR count). The van der Waals surface area contributed by atoms with Gasteiger partial charge in [-0.05, 0) is 54.1 Å². The molecule has 6 nitrogen and oxygen atoms in total. The minimum Gasteiger partial charge on any atom is -0.463 e. The van der Waals surface area contributed by atoms with Gasteiger partial charge < -0.3 is 19.1 Å². The maximum Gasteiger partial charge on any atom is 0.307 e. The number of ether oxygens (including phenoxy) is 3. The SMILES string of the molecule is CC(C)OCCCN1CCOCC1.CCCN(C)CCC(=O)OC(C)C. The van der Waals surface area contributed by atoms with Gasteiger partial charge in [0.15, 0.2) is 0 Å². The topological polar surface area (TPSA) is 51.2 Å². The summed E-state index contributed by atoms with van der Waals surface area (Å²) in [4.78, 5) is 15.7. The highest BCUT2D eigenvalue weighted by Gasteiger charge is 2.09. The zero-order valence-electron chi connectivity index (χ0n) is 18.0. The van der Waals surface area contributed by atoms with Crippen molar-refractivity contribution in [3.05, 3.63) is 0 Å². The highest BCUT2D eigenvalue weighted by Crippen LogP contribution is 1.99. The second kappa shape index (κ2) is 16.5. The van der Waals surface area contributed by atoms with Gasteiger partial charge in [-0.25, -0.2) is 0 Å². The van der Waals surface area contributed by atoms with E-state index in [-0.39, 0.29) is 12.1 Å². The molecule has 0 aromatic rings. The summed E-state index contributed by atoms with van der Waals surface area (Å²) in [6.07, 6.45) is 3.12. The van der Waals surface area contributed by atoms with Crippen molar-refractivity contribution in [3.63, 3.8) is 0 Å². The van der Waals surface area contributed by atoms with Gasteiger partial charge >= 0.3 is 5.97 Å². The monoisotopic (exact) mass is 374 g/mol. The molecule has 1 fully saturated rings. The van der Waals surface area contributed by atoms with Gasteiger partial charge in [0.2, 0.25) is 0 Å². The summed E-state index contributed by atoms with van der Waals surface area (Å²) in [5, 5.41) is 0. The lowest BCUT2D eigenvalue weighted by Crippen LogP contribution is -2.37. The highest BCUT2D eigenvalue weighted by molar-refractivity contribution is 5.69. The molecule has 0 amide bonds. The first-order valence-electron chi connectivity index (χ1n) is 10.1. The fraction of sp³-hybridized carbons (Fsp3) is 0.950. The highest BCUT2D eigenvalue weighted by atomic mass is 16.5. The summed E-state index contributed by atoms with van der Waals surface area (Å²) in [6, 6.07) is 0. The molecular weight excluding hydrogens is 332 g/mol. The second-order valence-electron chi connectivity index (χ2n) is 7.32. The van der Waals surface area contributed by atoms with Crippen molar-refractivity contribution in [2.24, 2.45) is 0 Å². The number of nitrogens with zero attached hydrogens (tertiary/aromatic N) is 2. The molecule has 0 bridgehead atoms. The molecule has 1 aliphatic heterocycles. The quantitative estimate of drug-likeness (QED) is 0.409. The van der Waals surface area contributed by atoms with Gasteiger partial charge in [-0.1, -0.05) is 6.92 Å². The van der Waals surface area contributed by atoms with Crippen LogP contribution in [0.1, 0.15) is 53.9 Å². The van der Waals surface area contributed by atoms with Crippen molar-refractivity contribution in [3.8, 4) is 0 Å². The van der Waals surface area contributed by atoms with Gasteiger partial charge in [-0.15, -0.1) is 0 Å². The van der Waals surface area contributed by atoms with Crippen LogP contribution in [0, 0.1) is 0 Å². The first-order valence-corrected chi connectivity index (χ1v) is 10.1. The van der Waals surface area contributed by atoms with E-state index in [9.17, 15) is 4.79 Å². The van der Waals surface area contributed by atoms with E-state index in [1.165, 1.54) is 0 Å². The lowest BCUT2D eigenvalue weighted by Gasteiger charge is -2.26. The normalized spacial score (nSPS) is 15.3. The number of carbonyl (C=O) groups excluding carboxylic acids is 1. The molecule has 1 saturated heterocycles. The van der Waals surface area contributed by atoms with E-state index in [1.54, 1.807) is 0 Å². The van der Waals surface area contributed by atoms with Gasteiger partial charge in [0.25, 0.3) is 0 Å². The summed E-state index contributed by atoms with van der Waals surface area (Å²) in [6.45, 7) is 17.8. The molecule has 0 N–H and O–H groups in total. The predicted molar refractivity (Wildman–Crippen MR) is 107 cm³/mol. The van der Waals surface area contributed by atoms with Crippen LogP contribution < -0.4 is 0 Å².